The molecular weight excluding hydrogens is 244 g/mol. The second-order valence-corrected chi connectivity index (χ2v) is 4.53. The van der Waals surface area contributed by atoms with Crippen LogP contribution >= 0.6 is 0 Å². The lowest BCUT2D eigenvalue weighted by Crippen LogP contribution is -2.57. The first-order valence-corrected chi connectivity index (χ1v) is 6.03. The highest BCUT2D eigenvalue weighted by Gasteiger charge is 2.42. The molecule has 1 aliphatic heterocycles. The van der Waals surface area contributed by atoms with Crippen LogP contribution in [0.1, 0.15) is 32.1 Å². The Bertz CT molecular complexity index is 270. The minimum Gasteiger partial charge on any atom is -0.481 e. The Hall–Kier alpha value is -0.730. The molecule has 1 fully saturated rings. The average molecular weight is 264 g/mol. The molecule has 0 aromatic rings. The molecule has 1 aliphatic rings. The van der Waals surface area contributed by atoms with Crippen LogP contribution < -0.4 is 0 Å². The summed E-state index contributed by atoms with van der Waals surface area (Å²) in [5, 5.41) is 46.1. The topological polar surface area (TPSA) is 127 Å². The summed E-state index contributed by atoms with van der Waals surface area (Å²) in [5.74, 6) is -0.849. The van der Waals surface area contributed by atoms with Crippen LogP contribution in [-0.2, 0) is 9.53 Å². The highest BCUT2D eigenvalue weighted by molar-refractivity contribution is 5.66. The Labute approximate surface area is 105 Å². The van der Waals surface area contributed by atoms with Crippen LogP contribution in [0.3, 0.4) is 0 Å². The molecule has 7 heteroatoms. The molecule has 106 valence electrons. The minimum absolute atomic E-state index is 0.0953. The molecule has 0 spiro atoms. The molecule has 18 heavy (non-hydrogen) atoms. The summed E-state index contributed by atoms with van der Waals surface area (Å²) in [5.41, 5.74) is 0. The van der Waals surface area contributed by atoms with Gasteiger partial charge in [0.25, 0.3) is 0 Å². The fourth-order valence-corrected chi connectivity index (χ4v) is 1.97. The largest absolute Gasteiger partial charge is 0.481 e. The third kappa shape index (κ3) is 4.18. The monoisotopic (exact) mass is 264 g/mol. The lowest BCUT2D eigenvalue weighted by Gasteiger charge is -2.38. The van der Waals surface area contributed by atoms with E-state index >= 15 is 0 Å². The van der Waals surface area contributed by atoms with Crippen LogP contribution in [0, 0.1) is 0 Å². The summed E-state index contributed by atoms with van der Waals surface area (Å²) in [6.45, 7) is 0. The van der Waals surface area contributed by atoms with Crippen molar-refractivity contribution in [3.63, 3.8) is 0 Å². The van der Waals surface area contributed by atoms with Crippen LogP contribution in [0.2, 0.25) is 0 Å². The predicted molar refractivity (Wildman–Crippen MR) is 59.6 cm³/mol. The van der Waals surface area contributed by atoms with E-state index in [4.69, 9.17) is 9.84 Å². The summed E-state index contributed by atoms with van der Waals surface area (Å²) < 4.78 is 4.99. The zero-order valence-electron chi connectivity index (χ0n) is 9.97. The van der Waals surface area contributed by atoms with Crippen molar-refractivity contribution in [3.05, 3.63) is 0 Å². The molecule has 5 N–H and O–H groups in total. The summed E-state index contributed by atoms with van der Waals surface area (Å²) in [4.78, 5) is 10.3. The van der Waals surface area contributed by atoms with Gasteiger partial charge >= 0.3 is 5.97 Å². The Morgan fingerprint density at radius 2 is 1.61 bits per heavy atom. The third-order valence-corrected chi connectivity index (χ3v) is 3.07. The zero-order valence-corrected chi connectivity index (χ0v) is 9.97. The molecule has 5 atom stereocenters. The van der Waals surface area contributed by atoms with Crippen LogP contribution in [0.15, 0.2) is 0 Å². The number of ether oxygens (including phenoxy) is 1. The quantitative estimate of drug-likeness (QED) is 0.382. The standard InChI is InChI=1S/C11H20O7/c12-7(13)5-3-1-2-4-6-8(14)9(15)10(16)11(17)18-6/h6,8-11,14-17H,1-5H2,(H,12,13)/t6-,8+,9+,10-,11?/m0/s1. The van der Waals surface area contributed by atoms with Gasteiger partial charge in [-0.05, 0) is 12.8 Å². The summed E-state index contributed by atoms with van der Waals surface area (Å²) in [6.07, 6.45) is -4.15. The van der Waals surface area contributed by atoms with Gasteiger partial charge in [-0.3, -0.25) is 4.79 Å². The molecular formula is C11H20O7. The number of hydrogen-bond donors (Lipinski definition) is 5. The summed E-state index contributed by atoms with van der Waals surface area (Å²) in [7, 11) is 0. The highest BCUT2D eigenvalue weighted by atomic mass is 16.6. The predicted octanol–water partition coefficient (Wildman–Crippen LogP) is -1.18. The van der Waals surface area contributed by atoms with E-state index in [1.54, 1.807) is 0 Å². The van der Waals surface area contributed by atoms with Crippen molar-refractivity contribution in [3.8, 4) is 0 Å². The molecule has 0 aromatic heterocycles. The van der Waals surface area contributed by atoms with Gasteiger partial charge in [0, 0.05) is 6.42 Å². The van der Waals surface area contributed by atoms with E-state index in [1.807, 2.05) is 0 Å². The van der Waals surface area contributed by atoms with E-state index in [0.717, 1.165) is 0 Å². The molecule has 0 bridgehead atoms. The number of carbonyl (C=O) groups is 1. The van der Waals surface area contributed by atoms with Gasteiger partial charge in [0.2, 0.25) is 0 Å². The van der Waals surface area contributed by atoms with Crippen LogP contribution in [0.25, 0.3) is 0 Å². The van der Waals surface area contributed by atoms with Crippen molar-refractivity contribution in [2.24, 2.45) is 0 Å². The van der Waals surface area contributed by atoms with Gasteiger partial charge in [-0.2, -0.15) is 0 Å². The van der Waals surface area contributed by atoms with Crippen molar-refractivity contribution in [2.75, 3.05) is 0 Å². The molecule has 0 amide bonds. The molecule has 1 heterocycles. The van der Waals surface area contributed by atoms with Gasteiger partial charge < -0.3 is 30.3 Å². The molecule has 1 unspecified atom stereocenters. The van der Waals surface area contributed by atoms with Crippen molar-refractivity contribution < 1.29 is 35.1 Å². The van der Waals surface area contributed by atoms with Crippen LogP contribution in [-0.4, -0.2) is 62.2 Å². The van der Waals surface area contributed by atoms with E-state index in [1.165, 1.54) is 0 Å². The maximum atomic E-state index is 10.3. The van der Waals surface area contributed by atoms with E-state index in [2.05, 4.69) is 0 Å². The van der Waals surface area contributed by atoms with Gasteiger partial charge in [0.05, 0.1) is 6.10 Å². The van der Waals surface area contributed by atoms with Crippen LogP contribution in [0.5, 0.6) is 0 Å². The number of aliphatic hydroxyl groups excluding tert-OH is 4. The first-order valence-electron chi connectivity index (χ1n) is 6.03. The van der Waals surface area contributed by atoms with Gasteiger partial charge in [-0.25, -0.2) is 0 Å². The number of rotatable bonds is 6. The number of carboxylic acid groups (broad SMARTS) is 1. The minimum atomic E-state index is -1.51. The van der Waals surface area contributed by atoms with Crippen molar-refractivity contribution in [1.82, 2.24) is 0 Å². The van der Waals surface area contributed by atoms with Gasteiger partial charge in [0.15, 0.2) is 6.29 Å². The normalized spacial score (nSPS) is 36.6. The second kappa shape index (κ2) is 7.01. The summed E-state index contributed by atoms with van der Waals surface area (Å²) >= 11 is 0. The molecule has 0 radical (unpaired) electrons. The molecule has 0 aliphatic carbocycles. The fraction of sp³-hybridized carbons (Fsp3) is 0.909. The van der Waals surface area contributed by atoms with Crippen molar-refractivity contribution in [2.45, 2.75) is 62.8 Å². The molecule has 7 nitrogen and oxygen atoms in total. The molecule has 0 saturated carbocycles. The van der Waals surface area contributed by atoms with Crippen molar-refractivity contribution >= 4 is 5.97 Å². The smallest absolute Gasteiger partial charge is 0.303 e. The average Bonchev–Trinajstić information content (AvgIpc) is 2.32. The number of unbranched alkanes of at least 4 members (excludes halogenated alkanes) is 2. The van der Waals surface area contributed by atoms with Gasteiger partial charge in [-0.1, -0.05) is 12.8 Å². The Balaban J connectivity index is 2.27. The van der Waals surface area contributed by atoms with Gasteiger partial charge in [-0.15, -0.1) is 0 Å². The number of aliphatic carboxylic acids is 1. The molecule has 0 aromatic carbocycles. The molecule has 1 rings (SSSR count). The van der Waals surface area contributed by atoms with Crippen LogP contribution in [0.4, 0.5) is 0 Å². The molecule has 1 saturated heterocycles. The van der Waals surface area contributed by atoms with Gasteiger partial charge in [0.1, 0.15) is 18.3 Å². The van der Waals surface area contributed by atoms with E-state index in [-0.39, 0.29) is 6.42 Å². The van der Waals surface area contributed by atoms with E-state index in [0.29, 0.717) is 25.7 Å². The number of hydrogen-bond acceptors (Lipinski definition) is 6. The maximum Gasteiger partial charge on any atom is 0.303 e. The summed E-state index contributed by atoms with van der Waals surface area (Å²) in [6, 6.07) is 0. The highest BCUT2D eigenvalue weighted by Crippen LogP contribution is 2.23. The Morgan fingerprint density at radius 3 is 2.22 bits per heavy atom. The first kappa shape index (κ1) is 15.3. The Morgan fingerprint density at radius 1 is 0.944 bits per heavy atom. The lowest BCUT2D eigenvalue weighted by atomic mass is 9.95. The maximum absolute atomic E-state index is 10.3. The van der Waals surface area contributed by atoms with E-state index in [9.17, 15) is 25.2 Å². The number of carboxylic acids is 1. The van der Waals surface area contributed by atoms with Crippen molar-refractivity contribution in [1.29, 1.82) is 0 Å². The van der Waals surface area contributed by atoms with E-state index < -0.39 is 36.7 Å². The lowest BCUT2D eigenvalue weighted by molar-refractivity contribution is -0.282. The number of aliphatic hydroxyl groups is 4. The Kier molecular flexibility index (Phi) is 5.97. The fourth-order valence-electron chi connectivity index (χ4n) is 1.97. The second-order valence-electron chi connectivity index (χ2n) is 4.53. The zero-order chi connectivity index (χ0) is 13.7. The SMILES string of the molecule is O=C(O)CCCCC[C@@H]1OC(O)[C@@H](O)[C@H](O)[C@@H]1O. The first-order chi connectivity index (χ1) is 8.43. The third-order valence-electron chi connectivity index (χ3n) is 3.07.